The van der Waals surface area contributed by atoms with Gasteiger partial charge >= 0.3 is 5.97 Å². The van der Waals surface area contributed by atoms with Crippen LogP contribution < -0.4 is 10.0 Å². The number of sulfonamides is 1. The van der Waals surface area contributed by atoms with Crippen molar-refractivity contribution in [3.63, 3.8) is 0 Å². The number of hydrogen-bond acceptors (Lipinski definition) is 5. The Morgan fingerprint density at radius 2 is 1.82 bits per heavy atom. The van der Waals surface area contributed by atoms with Crippen molar-refractivity contribution in [2.45, 2.75) is 11.4 Å². The topological polar surface area (TPSA) is 106 Å². The molecule has 1 heterocycles. The zero-order valence-corrected chi connectivity index (χ0v) is 15.9. The van der Waals surface area contributed by atoms with Gasteiger partial charge in [-0.2, -0.15) is 0 Å². The number of esters is 1. The first-order valence-electron chi connectivity index (χ1n) is 8.39. The van der Waals surface area contributed by atoms with E-state index < -0.39 is 16.0 Å². The molecular weight excluding hydrogens is 382 g/mol. The molecule has 2 aromatic carbocycles. The Kier molecular flexibility index (Phi) is 5.65. The van der Waals surface area contributed by atoms with Crippen LogP contribution in [-0.4, -0.2) is 38.5 Å². The normalized spacial score (nSPS) is 11.2. The van der Waals surface area contributed by atoms with Gasteiger partial charge < -0.3 is 14.6 Å². The number of carbonyl (C=O) groups excluding carboxylic acids is 2. The third-order valence-electron chi connectivity index (χ3n) is 4.05. The summed E-state index contributed by atoms with van der Waals surface area (Å²) in [6, 6.07) is 15.0. The smallest absolute Gasteiger partial charge is 0.325 e. The summed E-state index contributed by atoms with van der Waals surface area (Å²) < 4.78 is 33.7. The molecule has 3 aromatic rings. The second-order valence-corrected chi connectivity index (χ2v) is 7.67. The maximum absolute atomic E-state index is 12.5. The van der Waals surface area contributed by atoms with Crippen molar-refractivity contribution in [1.29, 1.82) is 0 Å². The largest absolute Gasteiger partial charge is 0.468 e. The summed E-state index contributed by atoms with van der Waals surface area (Å²) in [5, 5.41) is 3.32. The van der Waals surface area contributed by atoms with Crippen LogP contribution in [0, 0.1) is 0 Å². The predicted molar refractivity (Wildman–Crippen MR) is 104 cm³/mol. The van der Waals surface area contributed by atoms with Crippen LogP contribution in [0.4, 0.5) is 5.69 Å². The molecule has 146 valence electrons. The van der Waals surface area contributed by atoms with Crippen molar-refractivity contribution >= 4 is 38.5 Å². The van der Waals surface area contributed by atoms with Gasteiger partial charge in [0.1, 0.15) is 13.1 Å². The Bertz CT molecular complexity index is 1110. The third-order valence-corrected chi connectivity index (χ3v) is 5.45. The minimum absolute atomic E-state index is 0.0185. The molecule has 1 amide bonds. The number of ether oxygens (including phenoxy) is 1. The van der Waals surface area contributed by atoms with E-state index in [0.29, 0.717) is 11.2 Å². The quantitative estimate of drug-likeness (QED) is 0.587. The number of nitrogens with one attached hydrogen (secondary N) is 2. The maximum atomic E-state index is 12.5. The van der Waals surface area contributed by atoms with Crippen LogP contribution in [0.1, 0.15) is 0 Å². The number of methoxy groups -OCH3 is 1. The number of aromatic nitrogens is 1. The van der Waals surface area contributed by atoms with Gasteiger partial charge in [0.25, 0.3) is 10.0 Å². The molecule has 0 fully saturated rings. The third kappa shape index (κ3) is 4.49. The number of fused-ring (bicyclic) bond motifs is 1. The predicted octanol–water partition coefficient (Wildman–Crippen LogP) is 1.73. The molecule has 2 N–H and O–H groups in total. The Morgan fingerprint density at radius 3 is 2.54 bits per heavy atom. The molecule has 0 atom stereocenters. The van der Waals surface area contributed by atoms with Crippen LogP contribution >= 0.6 is 0 Å². The van der Waals surface area contributed by atoms with Gasteiger partial charge in [0, 0.05) is 6.20 Å². The van der Waals surface area contributed by atoms with E-state index in [2.05, 4.69) is 14.8 Å². The summed E-state index contributed by atoms with van der Waals surface area (Å²) in [6.07, 6.45) is 1.72. The van der Waals surface area contributed by atoms with Crippen molar-refractivity contribution in [2.75, 3.05) is 18.4 Å². The van der Waals surface area contributed by atoms with Gasteiger partial charge in [0.15, 0.2) is 0 Å². The average Bonchev–Trinajstić information content (AvgIpc) is 3.08. The van der Waals surface area contributed by atoms with E-state index in [1.807, 2.05) is 6.07 Å². The second kappa shape index (κ2) is 8.13. The molecule has 0 bridgehead atoms. The fourth-order valence-corrected chi connectivity index (χ4v) is 3.72. The number of hydrogen-bond donors (Lipinski definition) is 2. The van der Waals surface area contributed by atoms with Gasteiger partial charge in [-0.05, 0) is 35.7 Å². The summed E-state index contributed by atoms with van der Waals surface area (Å²) in [7, 11) is -2.47. The molecule has 0 unspecified atom stereocenters. The average molecular weight is 401 g/mol. The van der Waals surface area contributed by atoms with E-state index in [0.717, 1.165) is 5.39 Å². The number of amides is 1. The van der Waals surface area contributed by atoms with E-state index in [1.54, 1.807) is 47.2 Å². The lowest BCUT2D eigenvalue weighted by Gasteiger charge is -2.10. The van der Waals surface area contributed by atoms with Crippen molar-refractivity contribution in [3.8, 4) is 0 Å². The van der Waals surface area contributed by atoms with Gasteiger partial charge in [-0.15, -0.1) is 0 Å². The highest BCUT2D eigenvalue weighted by Gasteiger charge is 2.14. The molecule has 0 saturated carbocycles. The first-order chi connectivity index (χ1) is 13.4. The number of nitrogens with zero attached hydrogens (tertiary/aromatic N) is 1. The molecule has 3 rings (SSSR count). The SMILES string of the molecule is COC(=O)CNC(=O)Cn1ccc2ccc(NS(=O)(=O)c3ccccc3)cc21. The van der Waals surface area contributed by atoms with Crippen LogP contribution in [0.5, 0.6) is 0 Å². The summed E-state index contributed by atoms with van der Waals surface area (Å²) in [6.45, 7) is -0.230. The van der Waals surface area contributed by atoms with Crippen LogP contribution in [0.15, 0.2) is 65.7 Å². The molecule has 28 heavy (non-hydrogen) atoms. The van der Waals surface area contributed by atoms with Gasteiger partial charge in [-0.1, -0.05) is 24.3 Å². The molecule has 9 heteroatoms. The highest BCUT2D eigenvalue weighted by atomic mass is 32.2. The molecule has 0 radical (unpaired) electrons. The number of rotatable bonds is 7. The van der Waals surface area contributed by atoms with Crippen molar-refractivity contribution in [1.82, 2.24) is 9.88 Å². The maximum Gasteiger partial charge on any atom is 0.325 e. The van der Waals surface area contributed by atoms with Crippen LogP contribution in [0.25, 0.3) is 10.9 Å². The standard InChI is InChI=1S/C19H19N3O5S/c1-27-19(24)12-20-18(23)13-22-10-9-14-7-8-15(11-17(14)22)21-28(25,26)16-5-3-2-4-6-16/h2-11,21H,12-13H2,1H3,(H,20,23). The van der Waals surface area contributed by atoms with Crippen LogP contribution in [-0.2, 0) is 30.9 Å². The van der Waals surface area contributed by atoms with E-state index in [1.165, 1.54) is 19.2 Å². The van der Waals surface area contributed by atoms with Gasteiger partial charge in [0.05, 0.1) is 23.2 Å². The van der Waals surface area contributed by atoms with E-state index in [9.17, 15) is 18.0 Å². The van der Waals surface area contributed by atoms with Gasteiger partial charge in [-0.25, -0.2) is 8.42 Å². The highest BCUT2D eigenvalue weighted by Crippen LogP contribution is 2.23. The molecular formula is C19H19N3O5S. The zero-order chi connectivity index (χ0) is 20.1. The van der Waals surface area contributed by atoms with Crippen molar-refractivity contribution < 1.29 is 22.7 Å². The summed E-state index contributed by atoms with van der Waals surface area (Å²) >= 11 is 0. The first kappa shape index (κ1) is 19.4. The minimum atomic E-state index is -3.71. The van der Waals surface area contributed by atoms with Crippen LogP contribution in [0.2, 0.25) is 0 Å². The lowest BCUT2D eigenvalue weighted by Crippen LogP contribution is -2.32. The number of benzene rings is 2. The number of anilines is 1. The molecule has 8 nitrogen and oxygen atoms in total. The van der Waals surface area contributed by atoms with Crippen LogP contribution in [0.3, 0.4) is 0 Å². The second-order valence-electron chi connectivity index (χ2n) is 5.99. The zero-order valence-electron chi connectivity index (χ0n) is 15.1. The molecule has 0 spiro atoms. The first-order valence-corrected chi connectivity index (χ1v) is 9.87. The lowest BCUT2D eigenvalue weighted by atomic mass is 10.2. The van der Waals surface area contributed by atoms with Crippen molar-refractivity contribution in [2.24, 2.45) is 0 Å². The highest BCUT2D eigenvalue weighted by molar-refractivity contribution is 7.92. The molecule has 0 aliphatic rings. The lowest BCUT2D eigenvalue weighted by molar-refractivity contribution is -0.141. The fraction of sp³-hybridized carbons (Fsp3) is 0.158. The number of carbonyl (C=O) groups is 2. The van der Waals surface area contributed by atoms with Gasteiger partial charge in [0.2, 0.25) is 5.91 Å². The summed E-state index contributed by atoms with van der Waals surface area (Å²) in [5.41, 5.74) is 1.06. The monoisotopic (exact) mass is 401 g/mol. The summed E-state index contributed by atoms with van der Waals surface area (Å²) in [4.78, 5) is 23.3. The van der Waals surface area contributed by atoms with E-state index in [-0.39, 0.29) is 23.9 Å². The Balaban J connectivity index is 1.79. The van der Waals surface area contributed by atoms with Gasteiger partial charge in [-0.3, -0.25) is 14.3 Å². The molecule has 0 aliphatic heterocycles. The molecule has 0 aliphatic carbocycles. The summed E-state index contributed by atoms with van der Waals surface area (Å²) in [5.74, 6) is -0.901. The minimum Gasteiger partial charge on any atom is -0.468 e. The molecule has 1 aromatic heterocycles. The Labute approximate surface area is 162 Å². The van der Waals surface area contributed by atoms with Crippen molar-refractivity contribution in [3.05, 3.63) is 60.8 Å². The van der Waals surface area contributed by atoms with E-state index in [4.69, 9.17) is 0 Å². The van der Waals surface area contributed by atoms with E-state index >= 15 is 0 Å². The Morgan fingerprint density at radius 1 is 1.07 bits per heavy atom. The fourth-order valence-electron chi connectivity index (χ4n) is 2.65. The Hall–Kier alpha value is -3.33. The molecule has 0 saturated heterocycles.